The van der Waals surface area contributed by atoms with E-state index in [1.807, 2.05) is 0 Å². The summed E-state index contributed by atoms with van der Waals surface area (Å²) in [5.41, 5.74) is 3.68. The van der Waals surface area contributed by atoms with E-state index < -0.39 is 8.07 Å². The molecule has 0 spiro atoms. The Balaban J connectivity index is 2.21. The Morgan fingerprint density at radius 3 is 1.88 bits per heavy atom. The molecule has 0 fully saturated rings. The fourth-order valence-electron chi connectivity index (χ4n) is 1.83. The summed E-state index contributed by atoms with van der Waals surface area (Å²) in [6.07, 6.45) is 2.25. The Morgan fingerprint density at radius 1 is 0.765 bits per heavy atom. The Labute approximate surface area is 105 Å². The highest BCUT2D eigenvalue weighted by Gasteiger charge is 2.18. The van der Waals surface area contributed by atoms with Crippen molar-refractivity contribution in [2.24, 2.45) is 0 Å². The van der Waals surface area contributed by atoms with Gasteiger partial charge in [-0.2, -0.15) is 0 Å². The molecule has 17 heavy (non-hydrogen) atoms. The predicted octanol–water partition coefficient (Wildman–Crippen LogP) is 3.85. The maximum absolute atomic E-state index is 2.40. The van der Waals surface area contributed by atoms with Crippen LogP contribution in [-0.4, -0.2) is 8.07 Å². The zero-order chi connectivity index (χ0) is 12.1. The van der Waals surface area contributed by atoms with E-state index in [0.29, 0.717) is 0 Å². The maximum atomic E-state index is 2.40. The lowest BCUT2D eigenvalue weighted by molar-refractivity contribution is 1.66. The Hall–Kier alpha value is -1.60. The maximum Gasteiger partial charge on any atom is 0.104 e. The summed E-state index contributed by atoms with van der Waals surface area (Å²) in [6.45, 7) is 4.75. The number of hydrogen-bond donors (Lipinski definition) is 0. The molecule has 2 aromatic rings. The summed E-state index contributed by atoms with van der Waals surface area (Å²) >= 11 is 0. The second-order valence-electron chi connectivity index (χ2n) is 4.83. The van der Waals surface area contributed by atoms with Gasteiger partial charge in [-0.05, 0) is 5.56 Å². The van der Waals surface area contributed by atoms with Crippen molar-refractivity contribution in [2.45, 2.75) is 13.1 Å². The van der Waals surface area contributed by atoms with Crippen LogP contribution in [0, 0.1) is 0 Å². The van der Waals surface area contributed by atoms with Gasteiger partial charge in [-0.15, -0.1) is 0 Å². The fourth-order valence-corrected chi connectivity index (χ4v) is 3.69. The Morgan fingerprint density at radius 2 is 1.29 bits per heavy atom. The van der Waals surface area contributed by atoms with Gasteiger partial charge in [0.25, 0.3) is 0 Å². The molecule has 0 aliphatic heterocycles. The van der Waals surface area contributed by atoms with E-state index in [0.717, 1.165) is 0 Å². The molecule has 0 N–H and O–H groups in total. The number of rotatable bonds is 3. The summed E-state index contributed by atoms with van der Waals surface area (Å²) in [5, 5.41) is 1.48. The summed E-state index contributed by atoms with van der Waals surface area (Å²) in [5.74, 6) is 0. The lowest BCUT2D eigenvalue weighted by Crippen LogP contribution is -2.39. The number of benzene rings is 2. The Kier molecular flexibility index (Phi) is 3.60. The van der Waals surface area contributed by atoms with E-state index in [2.05, 4.69) is 85.5 Å². The SMILES string of the molecule is C[Si](C)(/C=C/c1ccccc1)c1ccccc1. The molecule has 86 valence electrons. The van der Waals surface area contributed by atoms with Crippen molar-refractivity contribution in [1.29, 1.82) is 0 Å². The molecule has 0 aromatic heterocycles. The van der Waals surface area contributed by atoms with Gasteiger partial charge in [-0.1, -0.05) is 90.7 Å². The lowest BCUT2D eigenvalue weighted by atomic mass is 10.2. The molecule has 0 amide bonds. The van der Waals surface area contributed by atoms with Gasteiger partial charge >= 0.3 is 0 Å². The summed E-state index contributed by atoms with van der Waals surface area (Å²) in [6, 6.07) is 21.3. The zero-order valence-corrected chi connectivity index (χ0v) is 11.4. The van der Waals surface area contributed by atoms with E-state index in [9.17, 15) is 0 Å². The topological polar surface area (TPSA) is 0 Å². The third-order valence-corrected chi connectivity index (χ3v) is 5.83. The minimum Gasteiger partial charge on any atom is -0.0897 e. The second kappa shape index (κ2) is 5.15. The van der Waals surface area contributed by atoms with Crippen LogP contribution in [0.15, 0.2) is 66.4 Å². The van der Waals surface area contributed by atoms with E-state index in [-0.39, 0.29) is 0 Å². The van der Waals surface area contributed by atoms with Crippen LogP contribution in [0.1, 0.15) is 5.56 Å². The van der Waals surface area contributed by atoms with E-state index in [1.54, 1.807) is 0 Å². The molecule has 0 unspecified atom stereocenters. The largest absolute Gasteiger partial charge is 0.104 e. The standard InChI is InChI=1S/C16H18Si/c1-17(2,16-11-7-4-8-12-16)14-13-15-9-5-3-6-10-15/h3-14H,1-2H3/b14-13+. The molecule has 0 aliphatic carbocycles. The van der Waals surface area contributed by atoms with Gasteiger partial charge in [0.2, 0.25) is 0 Å². The molecular formula is C16H18Si. The van der Waals surface area contributed by atoms with Crippen LogP contribution in [0.5, 0.6) is 0 Å². The first-order chi connectivity index (χ1) is 8.18. The summed E-state index contributed by atoms with van der Waals surface area (Å²) in [7, 11) is -1.44. The molecule has 0 saturated heterocycles. The van der Waals surface area contributed by atoms with Crippen LogP contribution in [0.2, 0.25) is 13.1 Å². The van der Waals surface area contributed by atoms with E-state index >= 15 is 0 Å². The normalized spacial score (nSPS) is 11.9. The highest BCUT2D eigenvalue weighted by Crippen LogP contribution is 2.09. The molecule has 0 heterocycles. The molecular weight excluding hydrogens is 220 g/mol. The lowest BCUT2D eigenvalue weighted by Gasteiger charge is -2.18. The van der Waals surface area contributed by atoms with Crippen molar-refractivity contribution in [3.63, 3.8) is 0 Å². The molecule has 0 bridgehead atoms. The molecule has 0 nitrogen and oxygen atoms in total. The average molecular weight is 238 g/mol. The van der Waals surface area contributed by atoms with Crippen molar-refractivity contribution in [1.82, 2.24) is 0 Å². The molecule has 0 aliphatic rings. The first-order valence-corrected chi connectivity index (χ1v) is 9.06. The first kappa shape index (κ1) is 11.9. The van der Waals surface area contributed by atoms with Crippen LogP contribution in [0.3, 0.4) is 0 Å². The fraction of sp³-hybridized carbons (Fsp3) is 0.125. The molecule has 0 atom stereocenters. The molecule has 1 heteroatoms. The zero-order valence-electron chi connectivity index (χ0n) is 10.4. The van der Waals surface area contributed by atoms with E-state index in [4.69, 9.17) is 0 Å². The van der Waals surface area contributed by atoms with Gasteiger partial charge in [0.1, 0.15) is 8.07 Å². The van der Waals surface area contributed by atoms with Crippen LogP contribution >= 0.6 is 0 Å². The molecule has 2 rings (SSSR count). The van der Waals surface area contributed by atoms with Gasteiger partial charge in [0.05, 0.1) is 0 Å². The van der Waals surface area contributed by atoms with Gasteiger partial charge in [0.15, 0.2) is 0 Å². The summed E-state index contributed by atoms with van der Waals surface area (Å²) in [4.78, 5) is 0. The van der Waals surface area contributed by atoms with Crippen LogP contribution < -0.4 is 5.19 Å². The average Bonchev–Trinajstić information content (AvgIpc) is 2.39. The van der Waals surface area contributed by atoms with Crippen LogP contribution in [-0.2, 0) is 0 Å². The quantitative estimate of drug-likeness (QED) is 0.712. The van der Waals surface area contributed by atoms with Crippen molar-refractivity contribution in [3.8, 4) is 0 Å². The highest BCUT2D eigenvalue weighted by atomic mass is 28.3. The molecule has 0 saturated carbocycles. The minimum absolute atomic E-state index is 1.28. The Bertz CT molecular complexity index is 483. The monoisotopic (exact) mass is 238 g/mol. The van der Waals surface area contributed by atoms with Gasteiger partial charge in [-0.25, -0.2) is 0 Å². The van der Waals surface area contributed by atoms with Crippen molar-refractivity contribution < 1.29 is 0 Å². The molecule has 2 aromatic carbocycles. The van der Waals surface area contributed by atoms with Crippen molar-refractivity contribution in [3.05, 3.63) is 71.9 Å². The minimum atomic E-state index is -1.44. The van der Waals surface area contributed by atoms with Crippen LogP contribution in [0.25, 0.3) is 6.08 Å². The van der Waals surface area contributed by atoms with Gasteiger partial charge in [-0.3, -0.25) is 0 Å². The third kappa shape index (κ3) is 3.18. The second-order valence-corrected chi connectivity index (χ2v) is 9.19. The van der Waals surface area contributed by atoms with Gasteiger partial charge in [0, 0.05) is 0 Å². The van der Waals surface area contributed by atoms with Crippen LogP contribution in [0.4, 0.5) is 0 Å². The third-order valence-electron chi connectivity index (χ3n) is 3.01. The first-order valence-electron chi connectivity index (χ1n) is 5.98. The predicted molar refractivity (Wildman–Crippen MR) is 79.0 cm³/mol. The highest BCUT2D eigenvalue weighted by molar-refractivity contribution is 6.94. The van der Waals surface area contributed by atoms with Crippen molar-refractivity contribution >= 4 is 19.3 Å². The van der Waals surface area contributed by atoms with E-state index in [1.165, 1.54) is 10.8 Å². The smallest absolute Gasteiger partial charge is 0.0897 e. The molecule has 0 radical (unpaired) electrons. The summed E-state index contributed by atoms with van der Waals surface area (Å²) < 4.78 is 0. The van der Waals surface area contributed by atoms with Gasteiger partial charge < -0.3 is 0 Å². The van der Waals surface area contributed by atoms with Crippen molar-refractivity contribution in [2.75, 3.05) is 0 Å². The number of hydrogen-bond acceptors (Lipinski definition) is 0.